The van der Waals surface area contributed by atoms with Gasteiger partial charge in [-0.1, -0.05) is 6.07 Å². The van der Waals surface area contributed by atoms with Crippen molar-refractivity contribution in [1.29, 1.82) is 0 Å². The minimum absolute atomic E-state index is 0.0240. The van der Waals surface area contributed by atoms with Crippen LogP contribution in [0.5, 0.6) is 0 Å². The number of halogens is 1. The second-order valence-electron chi connectivity index (χ2n) is 5.82. The van der Waals surface area contributed by atoms with Gasteiger partial charge in [0.1, 0.15) is 5.82 Å². The molecule has 0 radical (unpaired) electrons. The number of rotatable bonds is 2. The molecule has 22 heavy (non-hydrogen) atoms. The summed E-state index contributed by atoms with van der Waals surface area (Å²) in [5, 5.41) is 2.08. The Morgan fingerprint density at radius 2 is 2.00 bits per heavy atom. The van der Waals surface area contributed by atoms with Crippen LogP contribution in [-0.4, -0.2) is 24.0 Å². The maximum absolute atomic E-state index is 11.3. The summed E-state index contributed by atoms with van der Waals surface area (Å²) in [6.45, 7) is 3.63. The fourth-order valence-electron chi connectivity index (χ4n) is 3.13. The molecule has 0 spiro atoms. The molecular weight excluding hydrogens is 344 g/mol. The fourth-order valence-corrected chi connectivity index (χ4v) is 3.66. The number of carbonyl (C=O) groups is 1. The summed E-state index contributed by atoms with van der Waals surface area (Å²) >= 11 is 3.55. The summed E-state index contributed by atoms with van der Waals surface area (Å²) in [5.74, 6) is 0.712. The summed E-state index contributed by atoms with van der Waals surface area (Å²) in [6.07, 6.45) is 3.35. The number of nitrogens with zero attached hydrogens (tertiary/aromatic N) is 2. The largest absolute Gasteiger partial charge is 0.398 e. The number of piperidine rings is 1. The van der Waals surface area contributed by atoms with E-state index in [1.807, 2.05) is 12.1 Å². The highest BCUT2D eigenvalue weighted by atomic mass is 79.9. The molecule has 2 aromatic rings. The first-order valence-corrected chi connectivity index (χ1v) is 8.16. The van der Waals surface area contributed by atoms with Crippen LogP contribution in [-0.2, 0) is 4.79 Å². The number of amides is 1. The van der Waals surface area contributed by atoms with E-state index in [9.17, 15) is 4.79 Å². The van der Waals surface area contributed by atoms with Gasteiger partial charge in [-0.05, 0) is 47.3 Å². The number of hydrogen-bond donors (Lipinski definition) is 2. The van der Waals surface area contributed by atoms with Crippen molar-refractivity contribution in [2.45, 2.75) is 19.8 Å². The summed E-state index contributed by atoms with van der Waals surface area (Å²) in [6, 6.07) is 3.94. The van der Waals surface area contributed by atoms with Gasteiger partial charge in [-0.2, -0.15) is 0 Å². The first-order valence-electron chi connectivity index (χ1n) is 7.36. The number of nitrogens with two attached hydrogens (primary N) is 2. The molecule has 5 nitrogen and oxygen atoms in total. The molecule has 3 rings (SSSR count). The predicted molar refractivity (Wildman–Crippen MR) is 92.7 cm³/mol. The molecule has 6 heteroatoms. The van der Waals surface area contributed by atoms with Gasteiger partial charge < -0.3 is 16.4 Å². The molecule has 0 bridgehead atoms. The van der Waals surface area contributed by atoms with Gasteiger partial charge in [0, 0.05) is 46.1 Å². The highest BCUT2D eigenvalue weighted by Crippen LogP contribution is 2.37. The van der Waals surface area contributed by atoms with E-state index in [4.69, 9.17) is 11.5 Å². The van der Waals surface area contributed by atoms with Crippen LogP contribution in [0.15, 0.2) is 22.8 Å². The van der Waals surface area contributed by atoms with E-state index in [2.05, 4.69) is 32.7 Å². The van der Waals surface area contributed by atoms with Gasteiger partial charge in [-0.3, -0.25) is 4.79 Å². The van der Waals surface area contributed by atoms with Crippen LogP contribution < -0.4 is 16.4 Å². The van der Waals surface area contributed by atoms with E-state index >= 15 is 0 Å². The van der Waals surface area contributed by atoms with Crippen molar-refractivity contribution in [2.24, 2.45) is 11.7 Å². The molecule has 2 heterocycles. The smallest absolute Gasteiger partial charge is 0.220 e. The van der Waals surface area contributed by atoms with Crippen LogP contribution in [0.4, 0.5) is 11.5 Å². The number of pyridine rings is 1. The lowest BCUT2D eigenvalue weighted by molar-refractivity contribution is -0.122. The Balaban J connectivity index is 2.04. The molecule has 0 saturated carbocycles. The molecule has 1 aromatic carbocycles. The minimum atomic E-state index is -0.200. The molecule has 1 aromatic heterocycles. The summed E-state index contributed by atoms with van der Waals surface area (Å²) < 4.78 is 0.902. The topological polar surface area (TPSA) is 85.2 Å². The van der Waals surface area contributed by atoms with Crippen molar-refractivity contribution in [1.82, 2.24) is 4.98 Å². The van der Waals surface area contributed by atoms with Gasteiger partial charge in [0.05, 0.1) is 0 Å². The second-order valence-corrected chi connectivity index (χ2v) is 6.67. The van der Waals surface area contributed by atoms with Crippen LogP contribution >= 0.6 is 15.9 Å². The number of fused-ring (bicyclic) bond motifs is 1. The normalized spacial score (nSPS) is 16.2. The van der Waals surface area contributed by atoms with Gasteiger partial charge >= 0.3 is 0 Å². The standard InChI is InChI=1S/C16H19BrN4O/c1-9-2-3-12(18)14-11(17)8-20-16(13(9)14)21-6-4-10(5-7-21)15(19)22/h2-3,8,10H,4-7,18H2,1H3,(H2,19,22). The van der Waals surface area contributed by atoms with Crippen molar-refractivity contribution in [3.8, 4) is 0 Å². The minimum Gasteiger partial charge on any atom is -0.398 e. The van der Waals surface area contributed by atoms with Crippen LogP contribution in [0.3, 0.4) is 0 Å². The Labute approximate surface area is 137 Å². The van der Waals surface area contributed by atoms with E-state index in [0.29, 0.717) is 0 Å². The SMILES string of the molecule is Cc1ccc(N)c2c(Br)cnc(N3CCC(C(N)=O)CC3)c12. The molecule has 116 valence electrons. The zero-order chi connectivity index (χ0) is 15.9. The second kappa shape index (κ2) is 5.76. The van der Waals surface area contributed by atoms with E-state index in [1.165, 1.54) is 0 Å². The fraction of sp³-hybridized carbons (Fsp3) is 0.375. The van der Waals surface area contributed by atoms with Crippen LogP contribution in [0.2, 0.25) is 0 Å². The van der Waals surface area contributed by atoms with Crippen LogP contribution in [0, 0.1) is 12.8 Å². The van der Waals surface area contributed by atoms with Crippen molar-refractivity contribution < 1.29 is 4.79 Å². The number of aromatic nitrogens is 1. The number of hydrogen-bond acceptors (Lipinski definition) is 4. The Hall–Kier alpha value is -1.82. The molecule has 1 saturated heterocycles. The Morgan fingerprint density at radius 3 is 2.64 bits per heavy atom. The van der Waals surface area contributed by atoms with Crippen molar-refractivity contribution >= 4 is 44.1 Å². The molecule has 1 aliphatic rings. The lowest BCUT2D eigenvalue weighted by atomic mass is 9.95. The van der Waals surface area contributed by atoms with Crippen molar-refractivity contribution in [3.05, 3.63) is 28.4 Å². The lowest BCUT2D eigenvalue weighted by Crippen LogP contribution is -2.39. The maximum Gasteiger partial charge on any atom is 0.220 e. The first kappa shape index (κ1) is 15.1. The average Bonchev–Trinajstić information content (AvgIpc) is 2.51. The van der Waals surface area contributed by atoms with Crippen molar-refractivity contribution in [2.75, 3.05) is 23.7 Å². The number of benzene rings is 1. The van der Waals surface area contributed by atoms with Crippen molar-refractivity contribution in [3.63, 3.8) is 0 Å². The van der Waals surface area contributed by atoms with E-state index in [-0.39, 0.29) is 11.8 Å². The third-order valence-corrected chi connectivity index (χ3v) is 5.01. The molecule has 0 unspecified atom stereocenters. The van der Waals surface area contributed by atoms with Gasteiger partial charge in [0.2, 0.25) is 5.91 Å². The maximum atomic E-state index is 11.3. The number of nitrogen functional groups attached to an aromatic ring is 1. The third kappa shape index (κ3) is 2.52. The molecule has 1 fully saturated rings. The summed E-state index contributed by atoms with van der Waals surface area (Å²) in [7, 11) is 0. The number of aryl methyl sites for hydroxylation is 1. The Morgan fingerprint density at radius 1 is 1.32 bits per heavy atom. The number of anilines is 2. The third-order valence-electron chi connectivity index (χ3n) is 4.41. The number of carbonyl (C=O) groups excluding carboxylic acids is 1. The van der Waals surface area contributed by atoms with Gasteiger partial charge in [0.25, 0.3) is 0 Å². The zero-order valence-electron chi connectivity index (χ0n) is 12.5. The first-order chi connectivity index (χ1) is 10.5. The monoisotopic (exact) mass is 362 g/mol. The number of primary amides is 1. The highest BCUT2D eigenvalue weighted by Gasteiger charge is 2.25. The van der Waals surface area contributed by atoms with Crippen LogP contribution in [0.25, 0.3) is 10.8 Å². The quantitative estimate of drug-likeness (QED) is 0.804. The summed E-state index contributed by atoms with van der Waals surface area (Å²) in [4.78, 5) is 18.2. The highest BCUT2D eigenvalue weighted by molar-refractivity contribution is 9.10. The molecule has 1 amide bonds. The van der Waals surface area contributed by atoms with Crippen LogP contribution in [0.1, 0.15) is 18.4 Å². The molecule has 0 atom stereocenters. The summed E-state index contributed by atoms with van der Waals surface area (Å²) in [5.41, 5.74) is 13.4. The Bertz CT molecular complexity index is 730. The lowest BCUT2D eigenvalue weighted by Gasteiger charge is -2.32. The molecule has 1 aliphatic heterocycles. The van der Waals surface area contributed by atoms with Gasteiger partial charge in [-0.25, -0.2) is 4.98 Å². The average molecular weight is 363 g/mol. The molecule has 0 aliphatic carbocycles. The van der Waals surface area contributed by atoms with E-state index < -0.39 is 0 Å². The zero-order valence-corrected chi connectivity index (χ0v) is 14.1. The Kier molecular flexibility index (Phi) is 3.95. The van der Waals surface area contributed by atoms with Gasteiger partial charge in [-0.15, -0.1) is 0 Å². The molecular formula is C16H19BrN4O. The van der Waals surface area contributed by atoms with E-state index in [0.717, 1.165) is 58.2 Å². The van der Waals surface area contributed by atoms with E-state index in [1.54, 1.807) is 6.20 Å². The molecule has 4 N–H and O–H groups in total. The predicted octanol–water partition coefficient (Wildman–Crippen LogP) is 2.59. The van der Waals surface area contributed by atoms with Gasteiger partial charge in [0.15, 0.2) is 0 Å².